The second kappa shape index (κ2) is 6.11. The zero-order chi connectivity index (χ0) is 13.7. The lowest BCUT2D eigenvalue weighted by molar-refractivity contribution is 0.0916. The molecule has 0 saturated heterocycles. The van der Waals surface area contributed by atoms with Gasteiger partial charge < -0.3 is 10.4 Å². The lowest BCUT2D eigenvalue weighted by atomic mass is 10.1. The number of aliphatic hydroxyl groups is 1. The first-order valence-electron chi connectivity index (χ1n) is 5.93. The maximum Gasteiger partial charge on any atom is 0.251 e. The van der Waals surface area contributed by atoms with Crippen LogP contribution in [0.15, 0.2) is 54.6 Å². The van der Waals surface area contributed by atoms with Crippen LogP contribution in [0.25, 0.3) is 0 Å². The van der Waals surface area contributed by atoms with Crippen molar-refractivity contribution in [1.29, 1.82) is 0 Å². The summed E-state index contributed by atoms with van der Waals surface area (Å²) in [6, 6.07) is 14.3. The summed E-state index contributed by atoms with van der Waals surface area (Å²) in [4.78, 5) is 11.7. The first-order valence-corrected chi connectivity index (χ1v) is 5.93. The van der Waals surface area contributed by atoms with Crippen molar-refractivity contribution in [3.05, 3.63) is 71.5 Å². The number of rotatable bonds is 4. The van der Waals surface area contributed by atoms with Gasteiger partial charge in [-0.1, -0.05) is 30.3 Å². The number of halogens is 1. The predicted octanol–water partition coefficient (Wildman–Crippen LogP) is 2.29. The van der Waals surface area contributed by atoms with E-state index in [-0.39, 0.29) is 18.3 Å². The second-order valence-electron chi connectivity index (χ2n) is 4.14. The number of carbonyl (C=O) groups excluding carboxylic acids is 1. The normalized spacial score (nSPS) is 11.9. The Labute approximate surface area is 110 Å². The van der Waals surface area contributed by atoms with E-state index in [4.69, 9.17) is 0 Å². The van der Waals surface area contributed by atoms with Crippen LogP contribution in [0.5, 0.6) is 0 Å². The molecule has 0 radical (unpaired) electrons. The molecule has 98 valence electrons. The summed E-state index contributed by atoms with van der Waals surface area (Å²) in [6.07, 6.45) is -0.759. The van der Waals surface area contributed by atoms with E-state index in [9.17, 15) is 14.3 Å². The zero-order valence-electron chi connectivity index (χ0n) is 10.2. The molecular formula is C15H14FNO2. The Morgan fingerprint density at radius 2 is 1.74 bits per heavy atom. The van der Waals surface area contributed by atoms with Gasteiger partial charge in [0, 0.05) is 12.1 Å². The highest BCUT2D eigenvalue weighted by Crippen LogP contribution is 2.11. The Morgan fingerprint density at radius 1 is 1.11 bits per heavy atom. The van der Waals surface area contributed by atoms with Crippen LogP contribution in [0.4, 0.5) is 4.39 Å². The molecule has 19 heavy (non-hydrogen) atoms. The first kappa shape index (κ1) is 13.2. The molecule has 2 N–H and O–H groups in total. The predicted molar refractivity (Wildman–Crippen MR) is 70.1 cm³/mol. The molecule has 0 aliphatic rings. The van der Waals surface area contributed by atoms with Crippen LogP contribution in [0.2, 0.25) is 0 Å². The quantitative estimate of drug-likeness (QED) is 0.885. The Balaban J connectivity index is 1.92. The molecular weight excluding hydrogens is 245 g/mol. The molecule has 2 aromatic rings. The fourth-order valence-corrected chi connectivity index (χ4v) is 1.69. The summed E-state index contributed by atoms with van der Waals surface area (Å²) in [6.45, 7) is 0.111. The average molecular weight is 259 g/mol. The van der Waals surface area contributed by atoms with E-state index in [0.717, 1.165) is 5.56 Å². The van der Waals surface area contributed by atoms with E-state index >= 15 is 0 Å². The Kier molecular flexibility index (Phi) is 4.26. The number of nitrogens with one attached hydrogen (secondary N) is 1. The summed E-state index contributed by atoms with van der Waals surface area (Å²) in [5.74, 6) is -0.726. The third kappa shape index (κ3) is 3.63. The van der Waals surface area contributed by atoms with Gasteiger partial charge in [0.25, 0.3) is 5.91 Å². The SMILES string of the molecule is O=C(NCC(O)c1ccccc1)c1ccc(F)cc1. The molecule has 0 fully saturated rings. The molecule has 0 bridgehead atoms. The van der Waals surface area contributed by atoms with Crippen molar-refractivity contribution in [3.8, 4) is 0 Å². The van der Waals surface area contributed by atoms with Crippen molar-refractivity contribution < 1.29 is 14.3 Å². The molecule has 0 aromatic heterocycles. The molecule has 1 unspecified atom stereocenters. The maximum absolute atomic E-state index is 12.7. The van der Waals surface area contributed by atoms with Crippen molar-refractivity contribution in [2.45, 2.75) is 6.10 Å². The molecule has 1 atom stereocenters. The molecule has 0 saturated carbocycles. The van der Waals surface area contributed by atoms with Gasteiger partial charge in [-0.05, 0) is 29.8 Å². The average Bonchev–Trinajstić information content (AvgIpc) is 2.46. The largest absolute Gasteiger partial charge is 0.387 e. The highest BCUT2D eigenvalue weighted by molar-refractivity contribution is 5.94. The number of amides is 1. The van der Waals surface area contributed by atoms with Crippen LogP contribution in [-0.4, -0.2) is 17.6 Å². The molecule has 2 aromatic carbocycles. The van der Waals surface area contributed by atoms with Gasteiger partial charge in [-0.2, -0.15) is 0 Å². The van der Waals surface area contributed by atoms with Crippen LogP contribution in [0.3, 0.4) is 0 Å². The van der Waals surface area contributed by atoms with Crippen LogP contribution in [0, 0.1) is 5.82 Å². The number of aliphatic hydroxyl groups excluding tert-OH is 1. The maximum atomic E-state index is 12.7. The third-order valence-corrected chi connectivity index (χ3v) is 2.75. The molecule has 0 spiro atoms. The molecule has 0 heterocycles. The molecule has 3 nitrogen and oxygen atoms in total. The highest BCUT2D eigenvalue weighted by Gasteiger charge is 2.10. The van der Waals surface area contributed by atoms with Crippen molar-refractivity contribution in [1.82, 2.24) is 5.32 Å². The topological polar surface area (TPSA) is 49.3 Å². The number of carbonyl (C=O) groups is 1. The van der Waals surface area contributed by atoms with Gasteiger partial charge in [0.1, 0.15) is 5.82 Å². The van der Waals surface area contributed by atoms with E-state index in [1.165, 1.54) is 24.3 Å². The molecule has 2 rings (SSSR count). The van der Waals surface area contributed by atoms with E-state index in [1.807, 2.05) is 18.2 Å². The van der Waals surface area contributed by atoms with Gasteiger partial charge in [0.15, 0.2) is 0 Å². The summed E-state index contributed by atoms with van der Waals surface area (Å²) in [5, 5.41) is 12.5. The summed E-state index contributed by atoms with van der Waals surface area (Å²) in [7, 11) is 0. The van der Waals surface area contributed by atoms with E-state index < -0.39 is 6.10 Å². The first-order chi connectivity index (χ1) is 9.16. The summed E-state index contributed by atoms with van der Waals surface area (Å²) in [5.41, 5.74) is 1.10. The van der Waals surface area contributed by atoms with Gasteiger partial charge in [-0.3, -0.25) is 4.79 Å². The van der Waals surface area contributed by atoms with Crippen LogP contribution >= 0.6 is 0 Å². The van der Waals surface area contributed by atoms with Crippen molar-refractivity contribution in [2.75, 3.05) is 6.54 Å². The Morgan fingerprint density at radius 3 is 2.37 bits per heavy atom. The van der Waals surface area contributed by atoms with Crippen LogP contribution in [0.1, 0.15) is 22.0 Å². The second-order valence-corrected chi connectivity index (χ2v) is 4.14. The molecule has 4 heteroatoms. The number of benzene rings is 2. The minimum absolute atomic E-state index is 0.111. The smallest absolute Gasteiger partial charge is 0.251 e. The van der Waals surface area contributed by atoms with Gasteiger partial charge in [-0.25, -0.2) is 4.39 Å². The van der Waals surface area contributed by atoms with E-state index in [2.05, 4.69) is 5.32 Å². The van der Waals surface area contributed by atoms with Crippen molar-refractivity contribution in [2.24, 2.45) is 0 Å². The Bertz CT molecular complexity index is 540. The van der Waals surface area contributed by atoms with E-state index in [1.54, 1.807) is 12.1 Å². The van der Waals surface area contributed by atoms with Crippen LogP contribution in [-0.2, 0) is 0 Å². The Hall–Kier alpha value is -2.20. The number of hydrogen-bond acceptors (Lipinski definition) is 2. The fourth-order valence-electron chi connectivity index (χ4n) is 1.69. The summed E-state index contributed by atoms with van der Waals surface area (Å²) >= 11 is 0. The standard InChI is InChI=1S/C15H14FNO2/c16-13-8-6-12(7-9-13)15(19)17-10-14(18)11-4-2-1-3-5-11/h1-9,14,18H,10H2,(H,17,19). The molecule has 0 aliphatic carbocycles. The fraction of sp³-hybridized carbons (Fsp3) is 0.133. The lowest BCUT2D eigenvalue weighted by Crippen LogP contribution is -2.28. The zero-order valence-corrected chi connectivity index (χ0v) is 10.2. The minimum Gasteiger partial charge on any atom is -0.387 e. The van der Waals surface area contributed by atoms with Crippen molar-refractivity contribution >= 4 is 5.91 Å². The van der Waals surface area contributed by atoms with Crippen LogP contribution < -0.4 is 5.32 Å². The van der Waals surface area contributed by atoms with Crippen molar-refractivity contribution in [3.63, 3.8) is 0 Å². The van der Waals surface area contributed by atoms with Gasteiger partial charge in [0.05, 0.1) is 6.10 Å². The molecule has 0 aliphatic heterocycles. The van der Waals surface area contributed by atoms with Gasteiger partial charge >= 0.3 is 0 Å². The van der Waals surface area contributed by atoms with E-state index in [0.29, 0.717) is 5.56 Å². The third-order valence-electron chi connectivity index (χ3n) is 2.75. The minimum atomic E-state index is -0.759. The summed E-state index contributed by atoms with van der Waals surface area (Å²) < 4.78 is 12.7. The lowest BCUT2D eigenvalue weighted by Gasteiger charge is -2.12. The monoisotopic (exact) mass is 259 g/mol. The van der Waals surface area contributed by atoms with Gasteiger partial charge in [0.2, 0.25) is 0 Å². The molecule has 1 amide bonds. The highest BCUT2D eigenvalue weighted by atomic mass is 19.1. The number of hydrogen-bond donors (Lipinski definition) is 2. The van der Waals surface area contributed by atoms with Gasteiger partial charge in [-0.15, -0.1) is 0 Å².